The van der Waals surface area contributed by atoms with Crippen molar-refractivity contribution in [1.29, 1.82) is 0 Å². The Bertz CT molecular complexity index is 642. The number of carbonyl (C=O) groups excluding carboxylic acids is 1. The minimum atomic E-state index is -1.53. The molecule has 0 bridgehead atoms. The van der Waals surface area contributed by atoms with Gasteiger partial charge in [-0.25, -0.2) is 4.79 Å². The summed E-state index contributed by atoms with van der Waals surface area (Å²) in [4.78, 5) is 25.2. The topological polar surface area (TPSA) is 145 Å². The smallest absolute Gasteiger partial charge is 0.336 e. The first-order chi connectivity index (χ1) is 16.5. The molecular formula is C23H42N2O10. The molecule has 0 unspecified atom stereocenters. The van der Waals surface area contributed by atoms with Crippen LogP contribution in [0.25, 0.3) is 0 Å². The molecule has 204 valence electrons. The van der Waals surface area contributed by atoms with E-state index in [1.807, 2.05) is 27.7 Å². The molecule has 0 aliphatic carbocycles. The zero-order chi connectivity index (χ0) is 25.9. The van der Waals surface area contributed by atoms with Crippen molar-refractivity contribution in [3.63, 3.8) is 0 Å². The van der Waals surface area contributed by atoms with Crippen LogP contribution in [0.4, 0.5) is 0 Å². The van der Waals surface area contributed by atoms with E-state index in [0.29, 0.717) is 52.5 Å². The number of carboxylic acids is 1. The summed E-state index contributed by atoms with van der Waals surface area (Å²) in [7, 11) is 0. The predicted molar refractivity (Wildman–Crippen MR) is 123 cm³/mol. The summed E-state index contributed by atoms with van der Waals surface area (Å²) in [5, 5.41) is 24.5. The molecule has 2 rings (SSSR count). The van der Waals surface area contributed by atoms with Gasteiger partial charge in [-0.3, -0.25) is 4.79 Å². The van der Waals surface area contributed by atoms with Crippen LogP contribution < -0.4 is 5.32 Å². The van der Waals surface area contributed by atoms with E-state index in [1.54, 1.807) is 0 Å². The Labute approximate surface area is 207 Å². The summed E-state index contributed by atoms with van der Waals surface area (Å²) in [5.74, 6) is -1.91. The second-order valence-electron chi connectivity index (χ2n) is 9.92. The van der Waals surface area contributed by atoms with E-state index >= 15 is 0 Å². The molecule has 1 amide bonds. The summed E-state index contributed by atoms with van der Waals surface area (Å²) >= 11 is 0. The van der Waals surface area contributed by atoms with Gasteiger partial charge >= 0.3 is 5.97 Å². The average Bonchev–Trinajstić information content (AvgIpc) is 2.76. The van der Waals surface area contributed by atoms with E-state index in [-0.39, 0.29) is 32.5 Å². The number of piperidine rings is 1. The Morgan fingerprint density at radius 1 is 0.714 bits per heavy atom. The van der Waals surface area contributed by atoms with Crippen molar-refractivity contribution in [1.82, 2.24) is 10.4 Å². The van der Waals surface area contributed by atoms with E-state index in [4.69, 9.17) is 28.4 Å². The fourth-order valence-electron chi connectivity index (χ4n) is 4.47. The fourth-order valence-corrected chi connectivity index (χ4v) is 4.47. The molecule has 0 saturated carbocycles. The first-order valence-electron chi connectivity index (χ1n) is 12.1. The average molecular weight is 507 g/mol. The van der Waals surface area contributed by atoms with Crippen LogP contribution in [-0.2, 0) is 38.0 Å². The zero-order valence-corrected chi connectivity index (χ0v) is 21.3. The number of nitrogens with one attached hydrogen (secondary N) is 1. The molecular weight excluding hydrogens is 464 g/mol. The highest BCUT2D eigenvalue weighted by atomic mass is 16.6. The van der Waals surface area contributed by atoms with Crippen molar-refractivity contribution in [2.24, 2.45) is 0 Å². The third-order valence-electron chi connectivity index (χ3n) is 5.93. The monoisotopic (exact) mass is 506 g/mol. The maximum atomic E-state index is 13.2. The highest BCUT2D eigenvalue weighted by Gasteiger charge is 2.46. The molecule has 0 aromatic rings. The van der Waals surface area contributed by atoms with Gasteiger partial charge in [-0.05, 0) is 40.5 Å². The first-order valence-corrected chi connectivity index (χ1v) is 12.1. The lowest BCUT2D eigenvalue weighted by molar-refractivity contribution is -0.246. The summed E-state index contributed by atoms with van der Waals surface area (Å²) in [6, 6.07) is -0.293. The Morgan fingerprint density at radius 3 is 1.49 bits per heavy atom. The van der Waals surface area contributed by atoms with Crippen molar-refractivity contribution in [2.45, 2.75) is 69.9 Å². The van der Waals surface area contributed by atoms with Gasteiger partial charge in [-0.2, -0.15) is 5.06 Å². The van der Waals surface area contributed by atoms with Crippen molar-refractivity contribution in [3.05, 3.63) is 0 Å². The normalized spacial score (nSPS) is 28.9. The van der Waals surface area contributed by atoms with Gasteiger partial charge in [-0.15, -0.1) is 0 Å². The lowest BCUT2D eigenvalue weighted by atomic mass is 9.79. The molecule has 12 nitrogen and oxygen atoms in total. The van der Waals surface area contributed by atoms with E-state index in [1.165, 1.54) is 5.06 Å². The molecule has 0 aromatic carbocycles. The van der Waals surface area contributed by atoms with Gasteiger partial charge in [0.2, 0.25) is 0 Å². The van der Waals surface area contributed by atoms with Gasteiger partial charge in [0.25, 0.3) is 5.91 Å². The second kappa shape index (κ2) is 14.4. The van der Waals surface area contributed by atoms with Crippen molar-refractivity contribution >= 4 is 11.9 Å². The number of rotatable bonds is 3. The number of hydrogen-bond donors (Lipinski definition) is 3. The molecule has 3 N–H and O–H groups in total. The lowest BCUT2D eigenvalue weighted by Gasteiger charge is -2.51. The molecule has 2 aliphatic rings. The number of ether oxygens (including phenoxy) is 6. The molecule has 2 fully saturated rings. The van der Waals surface area contributed by atoms with E-state index in [2.05, 4.69) is 5.32 Å². The quantitative estimate of drug-likeness (QED) is 0.490. The van der Waals surface area contributed by atoms with Crippen molar-refractivity contribution < 1.29 is 48.3 Å². The Kier molecular flexibility index (Phi) is 12.3. The SMILES string of the molecule is CC1(C)CC(NC(=O)[C@@H]2OCCOCCOCCOCCOCCO[C@H]2C(=O)O)CC(C)(C)N1O. The highest BCUT2D eigenvalue weighted by molar-refractivity contribution is 5.88. The number of hydrogen-bond acceptors (Lipinski definition) is 10. The molecule has 2 atom stereocenters. The first kappa shape index (κ1) is 29.8. The number of hydroxylamine groups is 2. The van der Waals surface area contributed by atoms with Gasteiger partial charge < -0.3 is 44.1 Å². The van der Waals surface area contributed by atoms with Crippen LogP contribution in [0.2, 0.25) is 0 Å². The van der Waals surface area contributed by atoms with Gasteiger partial charge in [0, 0.05) is 17.1 Å². The maximum absolute atomic E-state index is 13.2. The summed E-state index contributed by atoms with van der Waals surface area (Å²) in [5.41, 5.74) is -1.17. The Balaban J connectivity index is 2.06. The van der Waals surface area contributed by atoms with Gasteiger partial charge in [0.15, 0.2) is 12.2 Å². The summed E-state index contributed by atoms with van der Waals surface area (Å²) in [6.07, 6.45) is -1.98. The molecule has 2 saturated heterocycles. The number of aliphatic carboxylic acids is 1. The molecule has 2 aliphatic heterocycles. The number of amides is 1. The third-order valence-corrected chi connectivity index (χ3v) is 5.93. The fraction of sp³-hybridized carbons (Fsp3) is 0.913. The van der Waals surface area contributed by atoms with E-state index in [0.717, 1.165) is 0 Å². The number of nitrogens with zero attached hydrogens (tertiary/aromatic N) is 1. The Hall–Kier alpha value is -1.38. The van der Waals surface area contributed by atoms with E-state index in [9.17, 15) is 19.9 Å². The summed E-state index contributed by atoms with van der Waals surface area (Å²) in [6.45, 7) is 10.1. The molecule has 0 spiro atoms. The van der Waals surface area contributed by atoms with Gasteiger partial charge in [0.1, 0.15) is 0 Å². The van der Waals surface area contributed by atoms with Gasteiger partial charge in [0.05, 0.1) is 66.1 Å². The van der Waals surface area contributed by atoms with Crippen molar-refractivity contribution in [3.8, 4) is 0 Å². The zero-order valence-electron chi connectivity index (χ0n) is 21.3. The largest absolute Gasteiger partial charge is 0.479 e. The van der Waals surface area contributed by atoms with Crippen molar-refractivity contribution in [2.75, 3.05) is 66.1 Å². The number of carbonyl (C=O) groups is 2. The van der Waals surface area contributed by atoms with Crippen LogP contribution in [0.5, 0.6) is 0 Å². The van der Waals surface area contributed by atoms with Crippen LogP contribution in [0.1, 0.15) is 40.5 Å². The van der Waals surface area contributed by atoms with E-state index < -0.39 is 35.2 Å². The minimum Gasteiger partial charge on any atom is -0.479 e. The molecule has 2 heterocycles. The third kappa shape index (κ3) is 9.89. The standard InChI is InChI=1S/C23H42N2O10/c1-22(2)15-17(16-23(3,4)25(22)29)24-20(26)18-19(21(27)28)35-14-12-33-10-8-31-6-5-30-7-9-32-11-13-34-18/h17-19,29H,5-16H2,1-4H3,(H,24,26)(H,27,28)/t18-,19-/m1/s1. The summed E-state index contributed by atoms with van der Waals surface area (Å²) < 4.78 is 32.8. The van der Waals surface area contributed by atoms with Crippen LogP contribution in [-0.4, -0.2) is 123 Å². The molecule has 0 aromatic heterocycles. The maximum Gasteiger partial charge on any atom is 0.336 e. The lowest BCUT2D eigenvalue weighted by Crippen LogP contribution is -2.64. The minimum absolute atomic E-state index is 0.00307. The van der Waals surface area contributed by atoms with Crippen LogP contribution in [0.15, 0.2) is 0 Å². The Morgan fingerprint density at radius 2 is 1.09 bits per heavy atom. The number of carboxylic acid groups (broad SMARTS) is 1. The van der Waals surface area contributed by atoms with Crippen LogP contribution in [0.3, 0.4) is 0 Å². The molecule has 12 heteroatoms. The highest BCUT2D eigenvalue weighted by Crippen LogP contribution is 2.36. The molecule has 35 heavy (non-hydrogen) atoms. The molecule has 0 radical (unpaired) electrons. The predicted octanol–water partition coefficient (Wildman–Crippen LogP) is 0.448. The van der Waals surface area contributed by atoms with Crippen LogP contribution >= 0.6 is 0 Å². The van der Waals surface area contributed by atoms with Gasteiger partial charge in [-0.1, -0.05) is 0 Å². The second-order valence-corrected chi connectivity index (χ2v) is 9.92. The van der Waals surface area contributed by atoms with Crippen LogP contribution in [0, 0.1) is 0 Å².